The maximum atomic E-state index is 3.71. The van der Waals surface area contributed by atoms with Crippen molar-refractivity contribution in [3.63, 3.8) is 0 Å². The van der Waals surface area contributed by atoms with E-state index in [-0.39, 0.29) is 0 Å². The third-order valence-electron chi connectivity index (χ3n) is 1.96. The van der Waals surface area contributed by atoms with Gasteiger partial charge in [-0.15, -0.1) is 0 Å². The smallest absolute Gasteiger partial charge is 0.169 e. The fourth-order valence-electron chi connectivity index (χ4n) is 1.25. The molecule has 0 atom stereocenters. The van der Waals surface area contributed by atoms with Gasteiger partial charge in [-0.1, -0.05) is 44.7 Å². The minimum Gasteiger partial charge on any atom is -0.208 e. The molecular weight excluding hydrogens is 194 g/mol. The minimum atomic E-state index is 1.18. The van der Waals surface area contributed by atoms with Gasteiger partial charge >= 0.3 is 0 Å². The molecule has 0 aromatic carbocycles. The zero-order chi connectivity index (χ0) is 12.4. The molecule has 1 nitrogen and oxygen atoms in total. The number of nitrogens with zero attached hydrogens (tertiary/aromatic N) is 1. The van der Waals surface area contributed by atoms with E-state index in [9.17, 15) is 0 Å². The van der Waals surface area contributed by atoms with Crippen LogP contribution in [0.15, 0.2) is 55.4 Å². The van der Waals surface area contributed by atoms with E-state index in [2.05, 4.69) is 24.8 Å². The van der Waals surface area contributed by atoms with Crippen LogP contribution in [-0.2, 0) is 7.05 Å². The van der Waals surface area contributed by atoms with E-state index in [0.717, 1.165) is 0 Å². The van der Waals surface area contributed by atoms with E-state index in [0.29, 0.717) is 0 Å². The van der Waals surface area contributed by atoms with Crippen molar-refractivity contribution in [2.45, 2.75) is 20.8 Å². The van der Waals surface area contributed by atoms with Gasteiger partial charge in [0.15, 0.2) is 12.4 Å². The van der Waals surface area contributed by atoms with Crippen molar-refractivity contribution in [3.8, 4) is 0 Å². The maximum absolute atomic E-state index is 3.71. The number of aryl methyl sites for hydroxylation is 1. The molecule has 0 radical (unpaired) electrons. The highest BCUT2D eigenvalue weighted by atomic mass is 14.9. The molecule has 0 amide bonds. The lowest BCUT2D eigenvalue weighted by Crippen LogP contribution is -2.25. The third-order valence-corrected chi connectivity index (χ3v) is 1.96. The number of rotatable bonds is 3. The predicted molar refractivity (Wildman–Crippen MR) is 72.0 cm³/mol. The molecule has 0 aliphatic rings. The largest absolute Gasteiger partial charge is 0.208 e. The molecule has 16 heavy (non-hydrogen) atoms. The van der Waals surface area contributed by atoms with Gasteiger partial charge in [-0.25, -0.2) is 4.57 Å². The normalized spacial score (nSPS) is 10.9. The molecule has 0 fully saturated rings. The summed E-state index contributed by atoms with van der Waals surface area (Å²) in [7, 11) is 2.01. The molecule has 0 saturated heterocycles. The Morgan fingerprint density at radius 2 is 1.81 bits per heavy atom. The molecule has 1 heterocycles. The van der Waals surface area contributed by atoms with Crippen molar-refractivity contribution in [2.24, 2.45) is 7.05 Å². The molecule has 1 rings (SSSR count). The summed E-state index contributed by atoms with van der Waals surface area (Å²) in [5.74, 6) is 0. The van der Waals surface area contributed by atoms with Gasteiger partial charge in [-0.2, -0.15) is 0 Å². The van der Waals surface area contributed by atoms with Gasteiger partial charge < -0.3 is 0 Å². The van der Waals surface area contributed by atoms with Crippen molar-refractivity contribution < 1.29 is 4.57 Å². The van der Waals surface area contributed by atoms with E-state index in [1.54, 1.807) is 0 Å². The van der Waals surface area contributed by atoms with Crippen LogP contribution >= 0.6 is 0 Å². The number of allylic oxidation sites excluding steroid dienone is 5. The molecule has 0 saturated carbocycles. The lowest BCUT2D eigenvalue weighted by Gasteiger charge is -1.99. The van der Waals surface area contributed by atoms with Gasteiger partial charge in [0.1, 0.15) is 7.05 Å². The first kappa shape index (κ1) is 14.4. The van der Waals surface area contributed by atoms with Crippen molar-refractivity contribution in [1.82, 2.24) is 0 Å². The van der Waals surface area contributed by atoms with Crippen molar-refractivity contribution in [1.29, 1.82) is 0 Å². The average molecular weight is 216 g/mol. The molecule has 86 valence electrons. The average Bonchev–Trinajstić information content (AvgIpc) is 2.32. The molecule has 0 unspecified atom stereocenters. The maximum Gasteiger partial charge on any atom is 0.169 e. The standard InChI is InChI=1S/C13H16N.C2H6/c1-4-6-12(7-5-2)13-8-10-14(3)11-9-13;1-2/h4-11H,1H2,2-3H3;1-2H3/q+1;/b7-5-,12-6+;. The number of pyridine rings is 1. The van der Waals surface area contributed by atoms with Gasteiger partial charge in [0.05, 0.1) is 0 Å². The Hall–Kier alpha value is -1.63. The minimum absolute atomic E-state index is 1.18. The lowest BCUT2D eigenvalue weighted by atomic mass is 10.1. The summed E-state index contributed by atoms with van der Waals surface area (Å²) in [5, 5.41) is 0. The highest BCUT2D eigenvalue weighted by Crippen LogP contribution is 2.14. The zero-order valence-corrected chi connectivity index (χ0v) is 10.8. The van der Waals surface area contributed by atoms with E-state index < -0.39 is 0 Å². The van der Waals surface area contributed by atoms with Crippen molar-refractivity contribution in [2.75, 3.05) is 0 Å². The van der Waals surface area contributed by atoms with Crippen molar-refractivity contribution >= 4 is 5.57 Å². The van der Waals surface area contributed by atoms with Crippen LogP contribution in [0.2, 0.25) is 0 Å². The highest BCUT2D eigenvalue weighted by Gasteiger charge is 1.98. The summed E-state index contributed by atoms with van der Waals surface area (Å²) in [4.78, 5) is 0. The SMILES string of the molecule is C=C/C=C(\C=C/C)c1cc[n+](C)cc1.CC. The highest BCUT2D eigenvalue weighted by molar-refractivity contribution is 5.74. The monoisotopic (exact) mass is 216 g/mol. The van der Waals surface area contributed by atoms with Crippen LogP contribution < -0.4 is 4.57 Å². The van der Waals surface area contributed by atoms with E-state index in [1.165, 1.54) is 11.1 Å². The number of hydrogen-bond acceptors (Lipinski definition) is 0. The van der Waals surface area contributed by atoms with Gasteiger partial charge in [0.25, 0.3) is 0 Å². The molecule has 0 aliphatic carbocycles. The summed E-state index contributed by atoms with van der Waals surface area (Å²) < 4.78 is 2.02. The molecule has 1 heteroatoms. The van der Waals surface area contributed by atoms with E-state index in [4.69, 9.17) is 0 Å². The molecule has 1 aromatic rings. The summed E-state index contributed by atoms with van der Waals surface area (Å²) >= 11 is 0. The Morgan fingerprint density at radius 3 is 2.25 bits per heavy atom. The fourth-order valence-corrected chi connectivity index (χ4v) is 1.25. The quantitative estimate of drug-likeness (QED) is 0.536. The van der Waals surface area contributed by atoms with Crippen LogP contribution in [0.4, 0.5) is 0 Å². The van der Waals surface area contributed by atoms with Crippen LogP contribution in [-0.4, -0.2) is 0 Å². The molecule has 1 aromatic heterocycles. The van der Waals surface area contributed by atoms with Crippen LogP contribution in [0, 0.1) is 0 Å². The fraction of sp³-hybridized carbons (Fsp3) is 0.267. The molecule has 0 bridgehead atoms. The first-order valence-corrected chi connectivity index (χ1v) is 5.69. The summed E-state index contributed by atoms with van der Waals surface area (Å²) in [6, 6.07) is 4.19. The number of hydrogen-bond donors (Lipinski definition) is 0. The first-order valence-electron chi connectivity index (χ1n) is 5.69. The van der Waals surface area contributed by atoms with Crippen molar-refractivity contribution in [3.05, 3.63) is 61.0 Å². The molecule has 0 aliphatic heterocycles. The van der Waals surface area contributed by atoms with Crippen LogP contribution in [0.3, 0.4) is 0 Å². The van der Waals surface area contributed by atoms with E-state index >= 15 is 0 Å². The summed E-state index contributed by atoms with van der Waals surface area (Å²) in [6.45, 7) is 9.72. The van der Waals surface area contributed by atoms with Crippen LogP contribution in [0.5, 0.6) is 0 Å². The lowest BCUT2D eigenvalue weighted by molar-refractivity contribution is -0.671. The van der Waals surface area contributed by atoms with Gasteiger partial charge in [0.2, 0.25) is 0 Å². The predicted octanol–water partition coefficient (Wildman–Crippen LogP) is 3.68. The Labute approximate surface area is 99.4 Å². The summed E-state index contributed by atoms with van der Waals surface area (Å²) in [6.07, 6.45) is 12.0. The molecular formula is C15H22N+. The first-order chi connectivity index (χ1) is 7.77. The second-order valence-corrected chi connectivity index (χ2v) is 3.11. The zero-order valence-electron chi connectivity index (χ0n) is 10.8. The molecule has 0 spiro atoms. The van der Waals surface area contributed by atoms with Crippen LogP contribution in [0.25, 0.3) is 5.57 Å². The third kappa shape index (κ3) is 4.74. The number of aromatic nitrogens is 1. The van der Waals surface area contributed by atoms with Gasteiger partial charge in [-0.05, 0) is 18.1 Å². The Morgan fingerprint density at radius 1 is 1.25 bits per heavy atom. The summed E-state index contributed by atoms with van der Waals surface area (Å²) in [5.41, 5.74) is 2.39. The van der Waals surface area contributed by atoms with E-state index in [1.807, 2.05) is 63.0 Å². The van der Waals surface area contributed by atoms with Gasteiger partial charge in [-0.3, -0.25) is 0 Å². The van der Waals surface area contributed by atoms with Gasteiger partial charge in [0, 0.05) is 12.1 Å². The Kier molecular flexibility index (Phi) is 7.78. The van der Waals surface area contributed by atoms with Crippen LogP contribution in [0.1, 0.15) is 26.3 Å². The molecule has 0 N–H and O–H groups in total. The second-order valence-electron chi connectivity index (χ2n) is 3.11. The Balaban J connectivity index is 0.00000106. The topological polar surface area (TPSA) is 3.88 Å². The Bertz CT molecular complexity index is 356. The second kappa shape index (κ2) is 8.66.